The Hall–Kier alpha value is -2.96. The van der Waals surface area contributed by atoms with Crippen molar-refractivity contribution >= 4 is 16.8 Å². The summed E-state index contributed by atoms with van der Waals surface area (Å²) in [5.74, 6) is 0.0745. The van der Waals surface area contributed by atoms with Gasteiger partial charge in [0.25, 0.3) is 11.0 Å². The van der Waals surface area contributed by atoms with Crippen molar-refractivity contribution in [2.75, 3.05) is 0 Å². The Morgan fingerprint density at radius 2 is 1.23 bits per heavy atom. The van der Waals surface area contributed by atoms with Gasteiger partial charge in [-0.05, 0) is 17.7 Å². The summed E-state index contributed by atoms with van der Waals surface area (Å²) in [5, 5.41) is 9.89. The van der Waals surface area contributed by atoms with Crippen molar-refractivity contribution in [2.45, 2.75) is 6.10 Å². The smallest absolute Gasteiger partial charge is 0.299 e. The van der Waals surface area contributed by atoms with Gasteiger partial charge in [-0.25, -0.2) is 0 Å². The highest BCUT2D eigenvalue weighted by molar-refractivity contribution is 7.67. The maximum Gasteiger partial charge on any atom is 0.299 e. The van der Waals surface area contributed by atoms with Crippen LogP contribution in [0, 0.1) is 0 Å². The highest BCUT2D eigenvalue weighted by atomic mass is 32.2. The molecule has 3 aromatic carbocycles. The fraction of sp³-hybridized carbons (Fsp3) is 0.0500. The summed E-state index contributed by atoms with van der Waals surface area (Å²) >= 11 is 0. The SMILES string of the molecule is O=C(c1ccccc1)C(O)c1ccccc1.O=[SH](=O)Oc1ccccc1. The summed E-state index contributed by atoms with van der Waals surface area (Å²) in [4.78, 5) is 11.9. The van der Waals surface area contributed by atoms with Gasteiger partial charge in [-0.1, -0.05) is 78.9 Å². The second kappa shape index (κ2) is 10.1. The quantitative estimate of drug-likeness (QED) is 0.532. The number of benzene rings is 3. The normalized spacial score (nSPS) is 11.2. The molecule has 0 bridgehead atoms. The number of aliphatic hydroxyl groups is 1. The molecule has 134 valence electrons. The molecule has 0 saturated carbocycles. The van der Waals surface area contributed by atoms with Crippen LogP contribution < -0.4 is 4.18 Å². The number of ketones is 1. The van der Waals surface area contributed by atoms with E-state index < -0.39 is 17.1 Å². The Morgan fingerprint density at radius 1 is 0.769 bits per heavy atom. The van der Waals surface area contributed by atoms with E-state index in [0.717, 1.165) is 0 Å². The van der Waals surface area contributed by atoms with E-state index in [1.54, 1.807) is 78.9 Å². The van der Waals surface area contributed by atoms with Gasteiger partial charge in [-0.2, -0.15) is 8.42 Å². The van der Waals surface area contributed by atoms with Crippen LogP contribution in [-0.2, 0) is 11.0 Å². The lowest BCUT2D eigenvalue weighted by Gasteiger charge is -2.09. The zero-order valence-electron chi connectivity index (χ0n) is 13.8. The van der Waals surface area contributed by atoms with Gasteiger partial charge in [0.15, 0.2) is 5.78 Å². The average molecular weight is 370 g/mol. The number of carbonyl (C=O) groups is 1. The van der Waals surface area contributed by atoms with Crippen molar-refractivity contribution in [3.63, 3.8) is 0 Å². The number of hydrogen-bond donors (Lipinski definition) is 2. The van der Waals surface area contributed by atoms with Crippen molar-refractivity contribution in [3.05, 3.63) is 102 Å². The first-order chi connectivity index (χ1) is 12.6. The van der Waals surface area contributed by atoms with E-state index in [-0.39, 0.29) is 5.78 Å². The van der Waals surface area contributed by atoms with Crippen molar-refractivity contribution in [1.82, 2.24) is 0 Å². The molecule has 6 heteroatoms. The molecule has 0 aliphatic carbocycles. The van der Waals surface area contributed by atoms with Crippen LogP contribution in [0.1, 0.15) is 22.0 Å². The lowest BCUT2D eigenvalue weighted by molar-refractivity contribution is 0.0747. The fourth-order valence-corrected chi connectivity index (χ4v) is 2.41. The van der Waals surface area contributed by atoms with Crippen LogP contribution in [0.15, 0.2) is 91.0 Å². The van der Waals surface area contributed by atoms with Gasteiger partial charge >= 0.3 is 0 Å². The van der Waals surface area contributed by atoms with Gasteiger partial charge in [0.2, 0.25) is 0 Å². The number of hydrogen-bond acceptors (Lipinski definition) is 5. The monoisotopic (exact) mass is 370 g/mol. The third kappa shape index (κ3) is 6.16. The fourth-order valence-electron chi connectivity index (χ4n) is 2.11. The zero-order valence-corrected chi connectivity index (χ0v) is 14.7. The molecule has 0 aliphatic heterocycles. The molecule has 0 aliphatic rings. The summed E-state index contributed by atoms with van der Waals surface area (Å²) in [6.07, 6.45) is -1.08. The van der Waals surface area contributed by atoms with E-state index in [1.807, 2.05) is 12.1 Å². The molecule has 0 amide bonds. The lowest BCUT2D eigenvalue weighted by atomic mass is 10.0. The molecule has 3 aromatic rings. The molecule has 1 unspecified atom stereocenters. The zero-order chi connectivity index (χ0) is 18.8. The molecule has 0 fully saturated rings. The van der Waals surface area contributed by atoms with E-state index in [2.05, 4.69) is 4.18 Å². The summed E-state index contributed by atoms with van der Waals surface area (Å²) in [6.45, 7) is 0. The molecular weight excluding hydrogens is 352 g/mol. The van der Waals surface area contributed by atoms with Crippen LogP contribution in [0.4, 0.5) is 0 Å². The van der Waals surface area contributed by atoms with E-state index in [0.29, 0.717) is 16.9 Å². The maximum atomic E-state index is 11.9. The number of carbonyl (C=O) groups excluding carboxylic acids is 1. The topological polar surface area (TPSA) is 80.7 Å². The van der Waals surface area contributed by atoms with Crippen molar-refractivity contribution < 1.29 is 22.5 Å². The maximum absolute atomic E-state index is 11.9. The predicted molar refractivity (Wildman–Crippen MR) is 99.6 cm³/mol. The largest absolute Gasteiger partial charge is 0.384 e. The highest BCUT2D eigenvalue weighted by Crippen LogP contribution is 2.17. The number of rotatable bonds is 5. The van der Waals surface area contributed by atoms with Crippen molar-refractivity contribution in [2.24, 2.45) is 0 Å². The standard InChI is InChI=1S/C14H12O2.C6H6O3S/c15-13(11-7-3-1-4-8-11)14(16)12-9-5-2-6-10-12;7-10(8)9-6-4-2-1-3-5-6/h1-10,13,15H;1-5,10H. The molecule has 3 rings (SSSR count). The number of para-hydroxylation sites is 1. The summed E-state index contributed by atoms with van der Waals surface area (Å²) in [6, 6.07) is 26.1. The Morgan fingerprint density at radius 3 is 1.73 bits per heavy atom. The molecule has 0 radical (unpaired) electrons. The predicted octanol–water partition coefficient (Wildman–Crippen LogP) is 3.19. The molecule has 0 aromatic heterocycles. The Kier molecular flexibility index (Phi) is 7.54. The molecule has 5 nitrogen and oxygen atoms in total. The molecule has 1 atom stereocenters. The van der Waals surface area contributed by atoms with E-state index in [9.17, 15) is 18.3 Å². The van der Waals surface area contributed by atoms with Crippen molar-refractivity contribution in [3.8, 4) is 5.75 Å². The van der Waals surface area contributed by atoms with E-state index in [1.165, 1.54) is 0 Å². The van der Waals surface area contributed by atoms with Gasteiger partial charge in [-0.15, -0.1) is 0 Å². The molecule has 26 heavy (non-hydrogen) atoms. The third-order valence-corrected chi connectivity index (χ3v) is 3.71. The van der Waals surface area contributed by atoms with Crippen LogP contribution in [0.5, 0.6) is 5.75 Å². The summed E-state index contributed by atoms with van der Waals surface area (Å²) in [5.41, 5.74) is 1.15. The Labute approximate surface area is 153 Å². The molecule has 0 heterocycles. The van der Waals surface area contributed by atoms with Gasteiger partial charge in [0.1, 0.15) is 11.9 Å². The Balaban J connectivity index is 0.000000209. The second-order valence-corrected chi connectivity index (χ2v) is 5.80. The number of thiol groups is 1. The minimum Gasteiger partial charge on any atom is -0.384 e. The lowest BCUT2D eigenvalue weighted by Crippen LogP contribution is -2.11. The number of Topliss-reactive ketones (excluding diaryl/α,β-unsaturated/α-hetero) is 1. The first kappa shape index (κ1) is 19.4. The van der Waals surface area contributed by atoms with Crippen LogP contribution in [0.3, 0.4) is 0 Å². The van der Waals surface area contributed by atoms with Crippen molar-refractivity contribution in [1.29, 1.82) is 0 Å². The minimum absolute atomic E-state index is 0.271. The van der Waals surface area contributed by atoms with Crippen LogP contribution >= 0.6 is 0 Å². The Bertz CT molecular complexity index is 870. The van der Waals surface area contributed by atoms with Crippen LogP contribution in [0.2, 0.25) is 0 Å². The van der Waals surface area contributed by atoms with Gasteiger partial charge in [0.05, 0.1) is 0 Å². The summed E-state index contributed by atoms with van der Waals surface area (Å²) < 4.78 is 24.3. The van der Waals surface area contributed by atoms with Crippen LogP contribution in [0.25, 0.3) is 0 Å². The van der Waals surface area contributed by atoms with Crippen LogP contribution in [-0.4, -0.2) is 19.3 Å². The summed E-state index contributed by atoms with van der Waals surface area (Å²) in [7, 11) is -2.78. The first-order valence-corrected chi connectivity index (χ1v) is 8.87. The average Bonchev–Trinajstić information content (AvgIpc) is 2.69. The van der Waals surface area contributed by atoms with Gasteiger partial charge < -0.3 is 9.29 Å². The third-order valence-electron chi connectivity index (χ3n) is 3.35. The second-order valence-electron chi connectivity index (χ2n) is 5.17. The molecule has 0 spiro atoms. The van der Waals surface area contributed by atoms with Gasteiger partial charge in [-0.3, -0.25) is 4.79 Å². The van der Waals surface area contributed by atoms with E-state index >= 15 is 0 Å². The highest BCUT2D eigenvalue weighted by Gasteiger charge is 2.18. The number of aliphatic hydroxyl groups excluding tert-OH is 1. The molecular formula is C20H18O5S. The molecule has 1 N–H and O–H groups in total. The van der Waals surface area contributed by atoms with Gasteiger partial charge in [0, 0.05) is 5.56 Å². The molecule has 0 saturated heterocycles. The first-order valence-electron chi connectivity index (χ1n) is 7.77. The minimum atomic E-state index is -2.78. The van der Waals surface area contributed by atoms with E-state index in [4.69, 9.17) is 0 Å².